The minimum Gasteiger partial charge on any atom is -0.493 e. The van der Waals surface area contributed by atoms with E-state index < -0.39 is 23.9 Å². The van der Waals surface area contributed by atoms with Crippen LogP contribution in [0.4, 0.5) is 0 Å². The number of nitrogens with one attached hydrogen (secondary N) is 1. The van der Waals surface area contributed by atoms with E-state index in [-0.39, 0.29) is 11.1 Å². The van der Waals surface area contributed by atoms with Gasteiger partial charge >= 0.3 is 11.9 Å². The Morgan fingerprint density at radius 1 is 0.879 bits per heavy atom. The molecule has 33 heavy (non-hydrogen) atoms. The molecule has 170 valence electrons. The molecule has 0 heterocycles. The lowest BCUT2D eigenvalue weighted by Gasteiger charge is -2.19. The van der Waals surface area contributed by atoms with Gasteiger partial charge in [-0.2, -0.15) is 0 Å². The predicted octanol–water partition coefficient (Wildman–Crippen LogP) is 3.62. The van der Waals surface area contributed by atoms with Crippen molar-refractivity contribution in [1.82, 2.24) is 5.32 Å². The van der Waals surface area contributed by atoms with Gasteiger partial charge in [0.05, 0.1) is 25.3 Å². The van der Waals surface area contributed by atoms with Crippen LogP contribution in [0.2, 0.25) is 0 Å². The van der Waals surface area contributed by atoms with Crippen molar-refractivity contribution < 1.29 is 33.7 Å². The Morgan fingerprint density at radius 2 is 1.55 bits per heavy atom. The lowest BCUT2D eigenvalue weighted by molar-refractivity contribution is -0.143. The highest BCUT2D eigenvalue weighted by molar-refractivity contribution is 6.05. The molecule has 0 aliphatic heterocycles. The summed E-state index contributed by atoms with van der Waals surface area (Å²) in [6.07, 6.45) is 0. The summed E-state index contributed by atoms with van der Waals surface area (Å²) in [6.45, 7) is 0.319. The number of carbonyl (C=O) groups excluding carboxylic acids is 2. The molecule has 0 bridgehead atoms. The van der Waals surface area contributed by atoms with Crippen LogP contribution in [-0.2, 0) is 16.1 Å². The Hall–Kier alpha value is -4.33. The first-order valence-electron chi connectivity index (χ1n) is 10.00. The first-order chi connectivity index (χ1) is 15.9. The maximum atomic E-state index is 12.8. The van der Waals surface area contributed by atoms with Crippen molar-refractivity contribution in [2.75, 3.05) is 14.2 Å². The van der Waals surface area contributed by atoms with Gasteiger partial charge in [0.2, 0.25) is 0 Å². The molecule has 1 amide bonds. The van der Waals surface area contributed by atoms with Crippen molar-refractivity contribution in [2.45, 2.75) is 12.6 Å². The van der Waals surface area contributed by atoms with E-state index in [4.69, 9.17) is 14.2 Å². The average molecular weight is 449 g/mol. The zero-order valence-corrected chi connectivity index (χ0v) is 18.1. The van der Waals surface area contributed by atoms with Crippen molar-refractivity contribution >= 4 is 17.8 Å². The summed E-state index contributed by atoms with van der Waals surface area (Å²) in [5, 5.41) is 11.9. The number of carboxylic acid groups (broad SMARTS) is 1. The molecule has 0 saturated heterocycles. The number of carbonyl (C=O) groups is 3. The summed E-state index contributed by atoms with van der Waals surface area (Å²) >= 11 is 0. The third kappa shape index (κ3) is 5.68. The van der Waals surface area contributed by atoms with E-state index in [1.54, 1.807) is 18.2 Å². The Morgan fingerprint density at radius 3 is 2.18 bits per heavy atom. The Balaban J connectivity index is 1.86. The maximum absolute atomic E-state index is 12.8. The molecule has 0 unspecified atom stereocenters. The largest absolute Gasteiger partial charge is 0.493 e. The third-order valence-electron chi connectivity index (χ3n) is 4.87. The van der Waals surface area contributed by atoms with E-state index in [1.165, 1.54) is 38.5 Å². The number of methoxy groups -OCH3 is 2. The van der Waals surface area contributed by atoms with E-state index in [0.717, 1.165) is 5.56 Å². The molecular formula is C25H23NO7. The molecule has 0 saturated carbocycles. The SMILES string of the molecule is COC(=O)[C@H](NC(=O)c1ccccc1C(=O)O)c1ccc(OCc2ccccc2)c(OC)c1. The third-order valence-corrected chi connectivity index (χ3v) is 4.87. The summed E-state index contributed by atoms with van der Waals surface area (Å²) < 4.78 is 16.1. The van der Waals surface area contributed by atoms with Crippen LogP contribution in [0.5, 0.6) is 11.5 Å². The summed E-state index contributed by atoms with van der Waals surface area (Å²) in [4.78, 5) is 36.7. The molecule has 0 spiro atoms. The molecule has 2 N–H and O–H groups in total. The number of amides is 1. The van der Waals surface area contributed by atoms with Gasteiger partial charge in [-0.15, -0.1) is 0 Å². The quantitative estimate of drug-likeness (QED) is 0.480. The van der Waals surface area contributed by atoms with Crippen molar-refractivity contribution in [1.29, 1.82) is 0 Å². The van der Waals surface area contributed by atoms with Gasteiger partial charge in [0.25, 0.3) is 5.91 Å². The second-order valence-electron chi connectivity index (χ2n) is 6.96. The standard InChI is InChI=1S/C25H23NO7/c1-31-21-14-17(12-13-20(21)33-15-16-8-4-3-5-9-16)22(25(30)32-2)26-23(27)18-10-6-7-11-19(18)24(28)29/h3-14,22H,15H2,1-2H3,(H,26,27)(H,28,29)/t22-/m1/s1. The zero-order chi connectivity index (χ0) is 23.8. The highest BCUT2D eigenvalue weighted by atomic mass is 16.5. The van der Waals surface area contributed by atoms with Crippen LogP contribution in [0.25, 0.3) is 0 Å². The van der Waals surface area contributed by atoms with Gasteiger partial charge in [-0.05, 0) is 35.4 Å². The molecule has 3 rings (SSSR count). The first kappa shape index (κ1) is 23.3. The molecule has 0 aliphatic rings. The Kier molecular flexibility index (Phi) is 7.64. The van der Waals surface area contributed by atoms with Gasteiger partial charge in [0.1, 0.15) is 6.61 Å². The molecule has 0 radical (unpaired) electrons. The summed E-state index contributed by atoms with van der Waals surface area (Å²) in [7, 11) is 2.66. The zero-order valence-electron chi connectivity index (χ0n) is 18.1. The van der Waals surface area contributed by atoms with Crippen LogP contribution in [-0.4, -0.2) is 37.2 Å². The normalized spacial score (nSPS) is 11.2. The summed E-state index contributed by atoms with van der Waals surface area (Å²) in [5.41, 5.74) is 1.10. The fourth-order valence-electron chi connectivity index (χ4n) is 3.19. The number of aromatic carboxylic acids is 1. The summed E-state index contributed by atoms with van der Waals surface area (Å²) in [5.74, 6) is -1.89. The molecule has 0 aliphatic carbocycles. The number of rotatable bonds is 9. The second kappa shape index (κ2) is 10.8. The van der Waals surface area contributed by atoms with Gasteiger partial charge in [-0.25, -0.2) is 9.59 Å². The Bertz CT molecular complexity index is 1140. The van der Waals surface area contributed by atoms with Crippen LogP contribution in [0.15, 0.2) is 72.8 Å². The number of hydrogen-bond donors (Lipinski definition) is 2. The van der Waals surface area contributed by atoms with Crippen LogP contribution < -0.4 is 14.8 Å². The lowest BCUT2D eigenvalue weighted by atomic mass is 10.0. The minimum absolute atomic E-state index is 0.0753. The smallest absolute Gasteiger partial charge is 0.336 e. The van der Waals surface area contributed by atoms with E-state index in [0.29, 0.717) is 23.7 Å². The summed E-state index contributed by atoms with van der Waals surface area (Å²) in [6, 6.07) is 18.9. The monoisotopic (exact) mass is 449 g/mol. The minimum atomic E-state index is -1.25. The number of carboxylic acids is 1. The highest BCUT2D eigenvalue weighted by Gasteiger charge is 2.27. The number of esters is 1. The number of benzene rings is 3. The molecule has 0 fully saturated rings. The van der Waals surface area contributed by atoms with Crippen LogP contribution in [0.1, 0.15) is 37.9 Å². The molecule has 3 aromatic carbocycles. The van der Waals surface area contributed by atoms with E-state index in [1.807, 2.05) is 30.3 Å². The van der Waals surface area contributed by atoms with Gasteiger partial charge in [0.15, 0.2) is 17.5 Å². The predicted molar refractivity (Wildman–Crippen MR) is 119 cm³/mol. The van der Waals surface area contributed by atoms with E-state index >= 15 is 0 Å². The molecule has 0 aromatic heterocycles. The number of ether oxygens (including phenoxy) is 3. The highest BCUT2D eigenvalue weighted by Crippen LogP contribution is 2.31. The fourth-order valence-corrected chi connectivity index (χ4v) is 3.19. The fraction of sp³-hybridized carbons (Fsp3) is 0.160. The lowest BCUT2D eigenvalue weighted by Crippen LogP contribution is -2.35. The van der Waals surface area contributed by atoms with Gasteiger partial charge in [-0.3, -0.25) is 4.79 Å². The van der Waals surface area contributed by atoms with Gasteiger partial charge < -0.3 is 24.6 Å². The van der Waals surface area contributed by atoms with Gasteiger partial charge in [0, 0.05) is 0 Å². The van der Waals surface area contributed by atoms with Crippen molar-refractivity contribution in [3.8, 4) is 11.5 Å². The molecule has 8 nitrogen and oxygen atoms in total. The van der Waals surface area contributed by atoms with E-state index in [9.17, 15) is 19.5 Å². The van der Waals surface area contributed by atoms with Crippen LogP contribution in [0.3, 0.4) is 0 Å². The second-order valence-corrected chi connectivity index (χ2v) is 6.96. The topological polar surface area (TPSA) is 111 Å². The molecule has 3 aromatic rings. The molecular weight excluding hydrogens is 426 g/mol. The molecule has 8 heteroatoms. The first-order valence-corrected chi connectivity index (χ1v) is 10.00. The van der Waals surface area contributed by atoms with Crippen LogP contribution >= 0.6 is 0 Å². The van der Waals surface area contributed by atoms with Crippen LogP contribution in [0, 0.1) is 0 Å². The number of hydrogen-bond acceptors (Lipinski definition) is 6. The average Bonchev–Trinajstić information content (AvgIpc) is 2.85. The van der Waals surface area contributed by atoms with Crippen molar-refractivity contribution in [3.63, 3.8) is 0 Å². The van der Waals surface area contributed by atoms with Crippen molar-refractivity contribution in [2.24, 2.45) is 0 Å². The van der Waals surface area contributed by atoms with Gasteiger partial charge in [-0.1, -0.05) is 48.5 Å². The van der Waals surface area contributed by atoms with E-state index in [2.05, 4.69) is 5.32 Å². The Labute approximate surface area is 190 Å². The van der Waals surface area contributed by atoms with Crippen molar-refractivity contribution in [3.05, 3.63) is 95.1 Å². The molecule has 1 atom stereocenters. The maximum Gasteiger partial charge on any atom is 0.336 e.